The zero-order valence-corrected chi connectivity index (χ0v) is 19.8. The lowest BCUT2D eigenvalue weighted by Gasteiger charge is -2.31. The van der Waals surface area contributed by atoms with Gasteiger partial charge >= 0.3 is 0 Å². The summed E-state index contributed by atoms with van der Waals surface area (Å²) >= 11 is 19.9. The zero-order chi connectivity index (χ0) is 21.3. The van der Waals surface area contributed by atoms with Crippen molar-refractivity contribution in [3.05, 3.63) is 74.2 Å². The Morgan fingerprint density at radius 1 is 1.03 bits per heavy atom. The molecule has 0 aliphatic carbocycles. The van der Waals surface area contributed by atoms with Crippen molar-refractivity contribution in [1.82, 2.24) is 4.98 Å². The summed E-state index contributed by atoms with van der Waals surface area (Å²) in [5.41, 5.74) is 1.91. The Kier molecular flexibility index (Phi) is 6.61. The molecule has 4 nitrogen and oxygen atoms in total. The molecule has 2 heterocycles. The number of piperidine rings is 1. The molecular formula is C21H19Cl3N2O2S2. The number of halogens is 3. The van der Waals surface area contributed by atoms with E-state index in [2.05, 4.69) is 4.90 Å². The summed E-state index contributed by atoms with van der Waals surface area (Å²) in [6, 6.07) is 12.1. The highest BCUT2D eigenvalue weighted by molar-refractivity contribution is 7.92. The number of nitrogens with zero attached hydrogens (tertiary/aromatic N) is 2. The highest BCUT2D eigenvalue weighted by atomic mass is 35.5. The largest absolute Gasteiger partial charge is 0.348 e. The van der Waals surface area contributed by atoms with Crippen molar-refractivity contribution in [3.8, 4) is 0 Å². The summed E-state index contributed by atoms with van der Waals surface area (Å²) in [5.74, 6) is 0. The first-order valence-corrected chi connectivity index (χ1v) is 13.0. The van der Waals surface area contributed by atoms with Crippen molar-refractivity contribution in [2.75, 3.05) is 18.0 Å². The van der Waals surface area contributed by atoms with Crippen molar-refractivity contribution in [2.24, 2.45) is 0 Å². The number of anilines is 1. The van der Waals surface area contributed by atoms with Gasteiger partial charge in [0, 0.05) is 34.9 Å². The minimum Gasteiger partial charge on any atom is -0.348 e. The summed E-state index contributed by atoms with van der Waals surface area (Å²) in [5, 5.41) is 4.02. The second-order valence-corrected chi connectivity index (χ2v) is 11.5. The Hall–Kier alpha value is -1.31. The molecule has 2 aromatic carbocycles. The number of aromatic nitrogens is 1. The lowest BCUT2D eigenvalue weighted by molar-refractivity contribution is 0.529. The number of sulfone groups is 1. The van der Waals surface area contributed by atoms with Crippen molar-refractivity contribution < 1.29 is 8.42 Å². The predicted molar refractivity (Wildman–Crippen MR) is 125 cm³/mol. The highest BCUT2D eigenvalue weighted by Gasteiger charge is 2.33. The lowest BCUT2D eigenvalue weighted by Crippen LogP contribution is -2.39. The Labute approximate surface area is 195 Å². The maximum atomic E-state index is 13.0. The molecule has 30 heavy (non-hydrogen) atoms. The maximum Gasteiger partial charge on any atom is 0.185 e. The van der Waals surface area contributed by atoms with Gasteiger partial charge in [-0.2, -0.15) is 0 Å². The van der Waals surface area contributed by atoms with Gasteiger partial charge in [-0.25, -0.2) is 13.4 Å². The van der Waals surface area contributed by atoms with Gasteiger partial charge in [0.15, 0.2) is 15.0 Å². The minimum atomic E-state index is -3.44. The SMILES string of the molecule is O=S(=O)(c1ccccc1Cl)C1CCN(c2nc(Cc3ccc(Cl)cc3Cl)cs2)CC1. The van der Waals surface area contributed by atoms with Crippen LogP contribution in [-0.2, 0) is 16.3 Å². The quantitative estimate of drug-likeness (QED) is 0.421. The molecule has 4 rings (SSSR count). The Balaban J connectivity index is 1.42. The summed E-state index contributed by atoms with van der Waals surface area (Å²) in [6.07, 6.45) is 1.72. The van der Waals surface area contributed by atoms with Crippen LogP contribution in [0.4, 0.5) is 5.13 Å². The Morgan fingerprint density at radius 2 is 1.77 bits per heavy atom. The normalized spacial score (nSPS) is 15.5. The molecule has 0 spiro atoms. The van der Waals surface area contributed by atoms with Crippen molar-refractivity contribution in [2.45, 2.75) is 29.4 Å². The van der Waals surface area contributed by atoms with Crippen molar-refractivity contribution in [1.29, 1.82) is 0 Å². The molecule has 1 saturated heterocycles. The standard InChI is InChI=1S/C21H19Cl3N2O2S2/c22-15-6-5-14(19(24)12-15)11-16-13-29-21(25-16)26-9-7-17(8-10-26)30(27,28)20-4-2-1-3-18(20)23/h1-6,12-13,17H,7-11H2. The molecular weight excluding hydrogens is 483 g/mol. The third kappa shape index (κ3) is 4.63. The summed E-state index contributed by atoms with van der Waals surface area (Å²) in [6.45, 7) is 1.28. The average molecular weight is 502 g/mol. The molecule has 1 fully saturated rings. The first kappa shape index (κ1) is 21.9. The van der Waals surface area contributed by atoms with Crippen LogP contribution in [0.5, 0.6) is 0 Å². The van der Waals surface area contributed by atoms with E-state index in [1.165, 1.54) is 0 Å². The van der Waals surface area contributed by atoms with Gasteiger partial charge in [-0.05, 0) is 42.7 Å². The van der Waals surface area contributed by atoms with E-state index in [4.69, 9.17) is 39.8 Å². The van der Waals surface area contributed by atoms with Crippen LogP contribution in [0.1, 0.15) is 24.1 Å². The second kappa shape index (κ2) is 9.05. The van der Waals surface area contributed by atoms with Crippen molar-refractivity contribution >= 4 is 61.1 Å². The van der Waals surface area contributed by atoms with Crippen LogP contribution in [-0.4, -0.2) is 31.7 Å². The number of hydrogen-bond donors (Lipinski definition) is 0. The topological polar surface area (TPSA) is 50.3 Å². The maximum absolute atomic E-state index is 13.0. The third-order valence-corrected chi connectivity index (χ3v) is 9.52. The fourth-order valence-corrected chi connectivity index (χ4v) is 7.21. The predicted octanol–water partition coefficient (Wildman–Crippen LogP) is 6.14. The van der Waals surface area contributed by atoms with Gasteiger partial charge in [-0.1, -0.05) is 53.0 Å². The second-order valence-electron chi connectivity index (χ2n) is 7.20. The molecule has 158 valence electrons. The molecule has 0 radical (unpaired) electrons. The monoisotopic (exact) mass is 500 g/mol. The van der Waals surface area contributed by atoms with Gasteiger partial charge in [0.2, 0.25) is 0 Å². The molecule has 0 N–H and O–H groups in total. The van der Waals surface area contributed by atoms with E-state index in [-0.39, 0.29) is 9.92 Å². The van der Waals surface area contributed by atoms with E-state index in [1.54, 1.807) is 41.7 Å². The minimum absolute atomic E-state index is 0.224. The summed E-state index contributed by atoms with van der Waals surface area (Å²) in [4.78, 5) is 7.11. The average Bonchev–Trinajstić information content (AvgIpc) is 3.19. The van der Waals surface area contributed by atoms with E-state index >= 15 is 0 Å². The molecule has 3 aromatic rings. The van der Waals surface area contributed by atoms with Crippen LogP contribution in [0.3, 0.4) is 0 Å². The lowest BCUT2D eigenvalue weighted by atomic mass is 10.1. The number of thiazole rings is 1. The third-order valence-electron chi connectivity index (χ3n) is 5.22. The summed E-state index contributed by atoms with van der Waals surface area (Å²) < 4.78 is 26.0. The van der Waals surface area contributed by atoms with E-state index < -0.39 is 15.1 Å². The number of benzene rings is 2. The molecule has 0 bridgehead atoms. The van der Waals surface area contributed by atoms with Crippen LogP contribution >= 0.6 is 46.1 Å². The van der Waals surface area contributed by atoms with Gasteiger partial charge in [-0.3, -0.25) is 0 Å². The fraction of sp³-hybridized carbons (Fsp3) is 0.286. The van der Waals surface area contributed by atoms with Gasteiger partial charge in [0.1, 0.15) is 0 Å². The fourth-order valence-electron chi connectivity index (χ4n) is 3.60. The Bertz CT molecular complexity index is 1160. The molecule has 1 aliphatic rings. The molecule has 9 heteroatoms. The van der Waals surface area contributed by atoms with E-state index in [0.29, 0.717) is 42.4 Å². The Morgan fingerprint density at radius 3 is 2.47 bits per heavy atom. The van der Waals surface area contributed by atoms with Gasteiger partial charge in [0.25, 0.3) is 0 Å². The zero-order valence-electron chi connectivity index (χ0n) is 15.9. The molecule has 0 atom stereocenters. The molecule has 0 unspecified atom stereocenters. The summed E-state index contributed by atoms with van der Waals surface area (Å²) in [7, 11) is -3.44. The highest BCUT2D eigenvalue weighted by Crippen LogP contribution is 2.32. The van der Waals surface area contributed by atoms with E-state index in [9.17, 15) is 8.42 Å². The molecule has 0 saturated carbocycles. The smallest absolute Gasteiger partial charge is 0.185 e. The number of rotatable bonds is 5. The van der Waals surface area contributed by atoms with Crippen LogP contribution in [0, 0.1) is 0 Å². The van der Waals surface area contributed by atoms with E-state index in [0.717, 1.165) is 16.4 Å². The van der Waals surface area contributed by atoms with Crippen molar-refractivity contribution in [3.63, 3.8) is 0 Å². The van der Waals surface area contributed by atoms with Gasteiger partial charge < -0.3 is 4.90 Å². The van der Waals surface area contributed by atoms with Crippen LogP contribution in [0.2, 0.25) is 15.1 Å². The first-order valence-electron chi connectivity index (χ1n) is 9.46. The molecule has 0 amide bonds. The van der Waals surface area contributed by atoms with Gasteiger partial charge in [0.05, 0.1) is 20.9 Å². The number of hydrogen-bond acceptors (Lipinski definition) is 5. The van der Waals surface area contributed by atoms with Crippen LogP contribution in [0.25, 0.3) is 0 Å². The van der Waals surface area contributed by atoms with Gasteiger partial charge in [-0.15, -0.1) is 11.3 Å². The first-order chi connectivity index (χ1) is 14.3. The van der Waals surface area contributed by atoms with Crippen LogP contribution in [0.15, 0.2) is 52.7 Å². The van der Waals surface area contributed by atoms with E-state index in [1.807, 2.05) is 17.5 Å². The molecule has 1 aromatic heterocycles. The van der Waals surface area contributed by atoms with Crippen LogP contribution < -0.4 is 4.90 Å². The molecule has 1 aliphatic heterocycles.